The van der Waals surface area contributed by atoms with Gasteiger partial charge in [0.25, 0.3) is 0 Å². The molecule has 6 unspecified atom stereocenters. The van der Waals surface area contributed by atoms with Crippen molar-refractivity contribution in [3.63, 3.8) is 0 Å². The SMILES string of the molecule is OC(CC1CS1)C1CCCC(C(O)CC2CS2)C1. The van der Waals surface area contributed by atoms with Crippen LogP contribution in [0.3, 0.4) is 0 Å². The molecule has 3 aliphatic rings. The van der Waals surface area contributed by atoms with Gasteiger partial charge in [0, 0.05) is 22.0 Å². The van der Waals surface area contributed by atoms with Crippen LogP contribution < -0.4 is 0 Å². The molecule has 0 aromatic heterocycles. The molecule has 1 aliphatic carbocycles. The molecule has 0 amide bonds. The normalized spacial score (nSPS) is 42.3. The quantitative estimate of drug-likeness (QED) is 0.737. The second kappa shape index (κ2) is 5.94. The third kappa shape index (κ3) is 3.81. The number of hydrogen-bond donors (Lipinski definition) is 2. The molecular formula is C14H24O2S2. The largest absolute Gasteiger partial charge is 0.393 e. The average Bonchev–Trinajstić information content (AvgIpc) is 3.25. The van der Waals surface area contributed by atoms with E-state index in [-0.39, 0.29) is 12.2 Å². The minimum atomic E-state index is -0.115. The van der Waals surface area contributed by atoms with Crippen molar-refractivity contribution in [1.29, 1.82) is 0 Å². The van der Waals surface area contributed by atoms with Crippen molar-refractivity contribution in [2.45, 2.75) is 61.2 Å². The Balaban J connectivity index is 1.46. The number of thioether (sulfide) groups is 2. The predicted octanol–water partition coefficient (Wildman–Crippen LogP) is 2.53. The van der Waals surface area contributed by atoms with E-state index in [1.807, 2.05) is 23.5 Å². The lowest BCUT2D eigenvalue weighted by Crippen LogP contribution is -2.33. The molecule has 6 atom stereocenters. The molecule has 2 nitrogen and oxygen atoms in total. The molecule has 0 aromatic rings. The van der Waals surface area contributed by atoms with Crippen LogP contribution in [0.25, 0.3) is 0 Å². The van der Waals surface area contributed by atoms with Crippen LogP contribution in [0, 0.1) is 11.8 Å². The molecule has 2 heterocycles. The van der Waals surface area contributed by atoms with Crippen LogP contribution >= 0.6 is 23.5 Å². The molecule has 18 heavy (non-hydrogen) atoms. The van der Waals surface area contributed by atoms with Gasteiger partial charge in [-0.05, 0) is 43.9 Å². The van der Waals surface area contributed by atoms with Crippen molar-refractivity contribution < 1.29 is 10.2 Å². The van der Waals surface area contributed by atoms with Crippen LogP contribution in [0.2, 0.25) is 0 Å². The number of aliphatic hydroxyl groups excluding tert-OH is 2. The summed E-state index contributed by atoms with van der Waals surface area (Å²) in [5.74, 6) is 3.39. The Hall–Kier alpha value is 0.620. The lowest BCUT2D eigenvalue weighted by molar-refractivity contribution is 0.0190. The molecule has 1 saturated carbocycles. The summed E-state index contributed by atoms with van der Waals surface area (Å²) in [6.07, 6.45) is 6.31. The summed E-state index contributed by atoms with van der Waals surface area (Å²) in [6.45, 7) is 0. The lowest BCUT2D eigenvalue weighted by atomic mass is 9.75. The highest BCUT2D eigenvalue weighted by Crippen LogP contribution is 2.41. The highest BCUT2D eigenvalue weighted by atomic mass is 32.2. The van der Waals surface area contributed by atoms with Crippen LogP contribution in [-0.4, -0.2) is 44.4 Å². The van der Waals surface area contributed by atoms with Gasteiger partial charge in [-0.15, -0.1) is 0 Å². The van der Waals surface area contributed by atoms with Gasteiger partial charge in [-0.1, -0.05) is 6.42 Å². The van der Waals surface area contributed by atoms with Crippen LogP contribution in [0.4, 0.5) is 0 Å². The van der Waals surface area contributed by atoms with Gasteiger partial charge in [0.05, 0.1) is 12.2 Å². The molecule has 3 fully saturated rings. The van der Waals surface area contributed by atoms with Gasteiger partial charge in [0.15, 0.2) is 0 Å². The minimum Gasteiger partial charge on any atom is -0.393 e. The second-order valence-electron chi connectivity index (χ2n) is 6.20. The van der Waals surface area contributed by atoms with Crippen LogP contribution in [0.15, 0.2) is 0 Å². The maximum Gasteiger partial charge on any atom is 0.0579 e. The molecule has 0 aromatic carbocycles. The molecule has 4 heteroatoms. The molecule has 0 radical (unpaired) electrons. The first-order valence-electron chi connectivity index (χ1n) is 7.31. The number of rotatable bonds is 6. The van der Waals surface area contributed by atoms with E-state index in [4.69, 9.17) is 0 Å². The monoisotopic (exact) mass is 288 g/mol. The number of hydrogen-bond acceptors (Lipinski definition) is 4. The van der Waals surface area contributed by atoms with Gasteiger partial charge in [-0.3, -0.25) is 0 Å². The van der Waals surface area contributed by atoms with Crippen molar-refractivity contribution in [1.82, 2.24) is 0 Å². The zero-order valence-corrected chi connectivity index (χ0v) is 12.5. The Morgan fingerprint density at radius 2 is 1.33 bits per heavy atom. The fraction of sp³-hybridized carbons (Fsp3) is 1.00. The third-order valence-corrected chi connectivity index (χ3v) is 6.65. The van der Waals surface area contributed by atoms with Crippen molar-refractivity contribution in [3.8, 4) is 0 Å². The van der Waals surface area contributed by atoms with Gasteiger partial charge in [0.1, 0.15) is 0 Å². The number of aliphatic hydroxyl groups is 2. The molecule has 104 valence electrons. The predicted molar refractivity (Wildman–Crippen MR) is 79.2 cm³/mol. The molecule has 2 aliphatic heterocycles. The molecule has 2 saturated heterocycles. The van der Waals surface area contributed by atoms with E-state index < -0.39 is 0 Å². The van der Waals surface area contributed by atoms with Gasteiger partial charge < -0.3 is 10.2 Å². The summed E-state index contributed by atoms with van der Waals surface area (Å²) >= 11 is 3.94. The molecule has 2 N–H and O–H groups in total. The van der Waals surface area contributed by atoms with Crippen molar-refractivity contribution in [2.24, 2.45) is 11.8 Å². The summed E-state index contributed by atoms with van der Waals surface area (Å²) < 4.78 is 0. The van der Waals surface area contributed by atoms with Crippen LogP contribution in [0.1, 0.15) is 38.5 Å². The Labute approximate surface area is 118 Å². The first-order chi connectivity index (χ1) is 8.72. The van der Waals surface area contributed by atoms with Crippen molar-refractivity contribution in [2.75, 3.05) is 11.5 Å². The fourth-order valence-corrected chi connectivity index (χ4v) is 4.51. The van der Waals surface area contributed by atoms with E-state index >= 15 is 0 Å². The van der Waals surface area contributed by atoms with Gasteiger partial charge in [0.2, 0.25) is 0 Å². The highest BCUT2D eigenvalue weighted by molar-refractivity contribution is 8.07. The van der Waals surface area contributed by atoms with Crippen molar-refractivity contribution in [3.05, 3.63) is 0 Å². The van der Waals surface area contributed by atoms with E-state index in [0.717, 1.165) is 29.8 Å². The Kier molecular flexibility index (Phi) is 4.49. The molecule has 0 spiro atoms. The zero-order valence-electron chi connectivity index (χ0n) is 10.8. The molecule has 3 rings (SSSR count). The first-order valence-corrected chi connectivity index (χ1v) is 9.41. The maximum atomic E-state index is 10.3. The van der Waals surface area contributed by atoms with E-state index in [9.17, 15) is 10.2 Å². The van der Waals surface area contributed by atoms with Crippen molar-refractivity contribution >= 4 is 23.5 Å². The third-order valence-electron chi connectivity index (χ3n) is 4.66. The summed E-state index contributed by atoms with van der Waals surface area (Å²) in [5.41, 5.74) is 0. The van der Waals surface area contributed by atoms with E-state index in [2.05, 4.69) is 0 Å². The summed E-state index contributed by atoms with van der Waals surface area (Å²) in [5, 5.41) is 22.0. The zero-order chi connectivity index (χ0) is 12.5. The van der Waals surface area contributed by atoms with E-state index in [1.165, 1.54) is 30.8 Å². The van der Waals surface area contributed by atoms with E-state index in [0.29, 0.717) is 11.8 Å². The topological polar surface area (TPSA) is 40.5 Å². The molecule has 0 bridgehead atoms. The highest BCUT2D eigenvalue weighted by Gasteiger charge is 2.36. The maximum absolute atomic E-state index is 10.3. The van der Waals surface area contributed by atoms with Crippen LogP contribution in [-0.2, 0) is 0 Å². The Morgan fingerprint density at radius 3 is 1.72 bits per heavy atom. The second-order valence-corrected chi connectivity index (χ2v) is 8.87. The first kappa shape index (κ1) is 13.6. The standard InChI is InChI=1S/C14H24O2S2/c15-13(5-11-7-17-11)9-2-1-3-10(4-9)14(16)6-12-8-18-12/h9-16H,1-8H2. The lowest BCUT2D eigenvalue weighted by Gasteiger charge is -2.34. The molecular weight excluding hydrogens is 264 g/mol. The van der Waals surface area contributed by atoms with Crippen LogP contribution in [0.5, 0.6) is 0 Å². The average molecular weight is 288 g/mol. The smallest absolute Gasteiger partial charge is 0.0579 e. The van der Waals surface area contributed by atoms with E-state index in [1.54, 1.807) is 0 Å². The Bertz CT molecular complexity index is 253. The summed E-state index contributed by atoms with van der Waals surface area (Å²) in [4.78, 5) is 0. The van der Waals surface area contributed by atoms with Gasteiger partial charge in [-0.2, -0.15) is 23.5 Å². The Morgan fingerprint density at radius 1 is 0.889 bits per heavy atom. The summed E-state index contributed by atoms with van der Waals surface area (Å²) in [6, 6.07) is 0. The summed E-state index contributed by atoms with van der Waals surface area (Å²) in [7, 11) is 0. The van der Waals surface area contributed by atoms with Gasteiger partial charge in [-0.25, -0.2) is 0 Å². The fourth-order valence-electron chi connectivity index (χ4n) is 3.30. The van der Waals surface area contributed by atoms with Gasteiger partial charge >= 0.3 is 0 Å². The minimum absolute atomic E-state index is 0.115.